The molecule has 0 bridgehead atoms. The van der Waals surface area contributed by atoms with Crippen molar-refractivity contribution in [2.24, 2.45) is 0 Å². The SMILES string of the molecule is CCCCCCCCCCC(Cc1ccccc1)OC(C)=O. The Balaban J connectivity index is 2.20. The number of esters is 1. The smallest absolute Gasteiger partial charge is 0.302 e. The highest BCUT2D eigenvalue weighted by Gasteiger charge is 2.12. The first-order valence-electron chi connectivity index (χ1n) is 8.93. The second-order valence-electron chi connectivity index (χ2n) is 6.18. The number of ether oxygens (including phenoxy) is 1. The molecule has 2 heteroatoms. The molecule has 0 radical (unpaired) electrons. The molecule has 0 N–H and O–H groups in total. The maximum atomic E-state index is 11.3. The zero-order valence-corrected chi connectivity index (χ0v) is 14.4. The van der Waals surface area contributed by atoms with E-state index < -0.39 is 0 Å². The molecule has 1 unspecified atom stereocenters. The van der Waals surface area contributed by atoms with Gasteiger partial charge in [-0.2, -0.15) is 0 Å². The minimum atomic E-state index is -0.166. The van der Waals surface area contributed by atoms with E-state index >= 15 is 0 Å². The average molecular weight is 304 g/mol. The fourth-order valence-electron chi connectivity index (χ4n) is 2.82. The summed E-state index contributed by atoms with van der Waals surface area (Å²) in [5, 5.41) is 0. The maximum Gasteiger partial charge on any atom is 0.302 e. The van der Waals surface area contributed by atoms with Crippen LogP contribution in [0.2, 0.25) is 0 Å². The van der Waals surface area contributed by atoms with Crippen LogP contribution in [0.3, 0.4) is 0 Å². The van der Waals surface area contributed by atoms with Gasteiger partial charge in [0.25, 0.3) is 0 Å². The molecule has 22 heavy (non-hydrogen) atoms. The second-order valence-corrected chi connectivity index (χ2v) is 6.18. The van der Waals surface area contributed by atoms with Crippen molar-refractivity contribution in [1.82, 2.24) is 0 Å². The molecule has 124 valence electrons. The van der Waals surface area contributed by atoms with Crippen molar-refractivity contribution in [3.63, 3.8) is 0 Å². The highest BCUT2D eigenvalue weighted by molar-refractivity contribution is 5.66. The lowest BCUT2D eigenvalue weighted by atomic mass is 10.0. The van der Waals surface area contributed by atoms with Gasteiger partial charge in [0.2, 0.25) is 0 Å². The predicted molar refractivity (Wildman–Crippen MR) is 92.9 cm³/mol. The van der Waals surface area contributed by atoms with Crippen molar-refractivity contribution in [2.75, 3.05) is 0 Å². The van der Waals surface area contributed by atoms with Crippen LogP contribution < -0.4 is 0 Å². The van der Waals surface area contributed by atoms with E-state index in [1.165, 1.54) is 57.4 Å². The molecule has 1 aromatic rings. The molecule has 0 aliphatic rings. The first kappa shape index (κ1) is 18.7. The zero-order valence-electron chi connectivity index (χ0n) is 14.4. The monoisotopic (exact) mass is 304 g/mol. The third-order valence-electron chi connectivity index (χ3n) is 4.02. The highest BCUT2D eigenvalue weighted by Crippen LogP contribution is 2.15. The van der Waals surface area contributed by atoms with Crippen molar-refractivity contribution in [3.8, 4) is 0 Å². The van der Waals surface area contributed by atoms with Gasteiger partial charge in [-0.1, -0.05) is 82.2 Å². The van der Waals surface area contributed by atoms with E-state index in [4.69, 9.17) is 4.74 Å². The van der Waals surface area contributed by atoms with Gasteiger partial charge >= 0.3 is 5.97 Å². The largest absolute Gasteiger partial charge is 0.462 e. The fourth-order valence-corrected chi connectivity index (χ4v) is 2.82. The summed E-state index contributed by atoms with van der Waals surface area (Å²) >= 11 is 0. The van der Waals surface area contributed by atoms with Crippen molar-refractivity contribution >= 4 is 5.97 Å². The van der Waals surface area contributed by atoms with E-state index in [9.17, 15) is 4.79 Å². The van der Waals surface area contributed by atoms with Crippen molar-refractivity contribution in [2.45, 2.75) is 84.2 Å². The molecule has 1 rings (SSSR count). The first-order valence-corrected chi connectivity index (χ1v) is 8.93. The molecule has 0 aromatic heterocycles. The number of rotatable bonds is 12. The van der Waals surface area contributed by atoms with Crippen LogP contribution in [0, 0.1) is 0 Å². The maximum absolute atomic E-state index is 11.3. The molecule has 0 aliphatic heterocycles. The molecule has 0 heterocycles. The molecule has 0 aliphatic carbocycles. The Morgan fingerprint density at radius 3 is 2.14 bits per heavy atom. The summed E-state index contributed by atoms with van der Waals surface area (Å²) < 4.78 is 5.48. The van der Waals surface area contributed by atoms with Crippen LogP contribution in [-0.2, 0) is 16.0 Å². The molecule has 1 atom stereocenters. The Bertz CT molecular complexity index is 386. The average Bonchev–Trinajstić information content (AvgIpc) is 2.50. The summed E-state index contributed by atoms with van der Waals surface area (Å²) in [4.78, 5) is 11.3. The molecule has 0 amide bonds. The van der Waals surface area contributed by atoms with Gasteiger partial charge in [-0.05, 0) is 18.4 Å². The van der Waals surface area contributed by atoms with Crippen LogP contribution in [0.25, 0.3) is 0 Å². The van der Waals surface area contributed by atoms with Gasteiger partial charge in [0, 0.05) is 13.3 Å². The van der Waals surface area contributed by atoms with Crippen LogP contribution in [-0.4, -0.2) is 12.1 Å². The van der Waals surface area contributed by atoms with Crippen molar-refractivity contribution in [3.05, 3.63) is 35.9 Å². The van der Waals surface area contributed by atoms with Gasteiger partial charge < -0.3 is 4.74 Å². The van der Waals surface area contributed by atoms with Crippen LogP contribution in [0.1, 0.15) is 77.2 Å². The zero-order chi connectivity index (χ0) is 16.0. The summed E-state index contributed by atoms with van der Waals surface area (Å²) in [5.74, 6) is -0.166. The predicted octanol–water partition coefficient (Wildman–Crippen LogP) is 5.69. The molecule has 0 saturated carbocycles. The van der Waals surface area contributed by atoms with Gasteiger partial charge in [0.05, 0.1) is 0 Å². The van der Waals surface area contributed by atoms with E-state index in [2.05, 4.69) is 19.1 Å². The summed E-state index contributed by atoms with van der Waals surface area (Å²) in [6.45, 7) is 3.76. The van der Waals surface area contributed by atoms with Crippen LogP contribution in [0.5, 0.6) is 0 Å². The van der Waals surface area contributed by atoms with Gasteiger partial charge in [0.1, 0.15) is 6.10 Å². The van der Waals surface area contributed by atoms with Crippen molar-refractivity contribution in [1.29, 1.82) is 0 Å². The van der Waals surface area contributed by atoms with Crippen LogP contribution >= 0.6 is 0 Å². The van der Waals surface area contributed by atoms with Gasteiger partial charge in [0.15, 0.2) is 0 Å². The Labute approximate surface area is 136 Å². The standard InChI is InChI=1S/C20H32O2/c1-3-4-5-6-7-8-9-13-16-20(22-18(2)21)17-19-14-11-10-12-15-19/h10-12,14-15,20H,3-9,13,16-17H2,1-2H3. The molecule has 1 aromatic carbocycles. The summed E-state index contributed by atoms with van der Waals surface area (Å²) in [7, 11) is 0. The van der Waals surface area contributed by atoms with E-state index in [1.54, 1.807) is 0 Å². The third-order valence-corrected chi connectivity index (χ3v) is 4.02. The second kappa shape index (κ2) is 12.3. The molecule has 2 nitrogen and oxygen atoms in total. The normalized spacial score (nSPS) is 12.1. The number of carbonyl (C=O) groups excluding carboxylic acids is 1. The van der Waals surface area contributed by atoms with E-state index in [0.29, 0.717) is 0 Å². The minimum absolute atomic E-state index is 0.0278. The number of hydrogen-bond donors (Lipinski definition) is 0. The lowest BCUT2D eigenvalue weighted by Gasteiger charge is -2.17. The molecule has 0 spiro atoms. The number of unbranched alkanes of at least 4 members (excludes halogenated alkanes) is 7. The molecule has 0 fully saturated rings. The quantitative estimate of drug-likeness (QED) is 0.366. The Morgan fingerprint density at radius 1 is 0.955 bits per heavy atom. The number of carbonyl (C=O) groups is 1. The van der Waals surface area contributed by atoms with Gasteiger partial charge in [-0.15, -0.1) is 0 Å². The first-order chi connectivity index (χ1) is 10.7. The Morgan fingerprint density at radius 2 is 1.55 bits per heavy atom. The Kier molecular flexibility index (Phi) is 10.4. The lowest BCUT2D eigenvalue weighted by molar-refractivity contribution is -0.146. The van der Waals surface area contributed by atoms with Crippen LogP contribution in [0.4, 0.5) is 0 Å². The minimum Gasteiger partial charge on any atom is -0.462 e. The summed E-state index contributed by atoms with van der Waals surface area (Å²) in [6, 6.07) is 10.3. The van der Waals surface area contributed by atoms with Crippen LogP contribution in [0.15, 0.2) is 30.3 Å². The molecular weight excluding hydrogens is 272 g/mol. The van der Waals surface area contributed by atoms with E-state index in [-0.39, 0.29) is 12.1 Å². The number of benzene rings is 1. The third kappa shape index (κ3) is 9.59. The highest BCUT2D eigenvalue weighted by atomic mass is 16.5. The summed E-state index contributed by atoms with van der Waals surface area (Å²) in [6.07, 6.45) is 12.3. The topological polar surface area (TPSA) is 26.3 Å². The summed E-state index contributed by atoms with van der Waals surface area (Å²) in [5.41, 5.74) is 1.24. The fraction of sp³-hybridized carbons (Fsp3) is 0.650. The van der Waals surface area contributed by atoms with Gasteiger partial charge in [-0.3, -0.25) is 4.79 Å². The molecule has 0 saturated heterocycles. The van der Waals surface area contributed by atoms with Gasteiger partial charge in [-0.25, -0.2) is 0 Å². The molecular formula is C20H32O2. The number of hydrogen-bond acceptors (Lipinski definition) is 2. The Hall–Kier alpha value is -1.31. The lowest BCUT2D eigenvalue weighted by Crippen LogP contribution is -2.19. The van der Waals surface area contributed by atoms with Crippen molar-refractivity contribution < 1.29 is 9.53 Å². The van der Waals surface area contributed by atoms with E-state index in [1.807, 2.05) is 18.2 Å². The van der Waals surface area contributed by atoms with E-state index in [0.717, 1.165) is 19.3 Å².